The molecule has 0 aliphatic heterocycles. The molecule has 11 heteroatoms. The van der Waals surface area contributed by atoms with E-state index >= 15 is 0 Å². The summed E-state index contributed by atoms with van der Waals surface area (Å²) in [7, 11) is -3.93. The largest absolute Gasteiger partial charge is 0.352 e. The summed E-state index contributed by atoms with van der Waals surface area (Å²) in [5.41, 5.74) is 0.310. The first kappa shape index (κ1) is 27.2. The fourth-order valence-corrected chi connectivity index (χ4v) is 5.43. The molecule has 0 radical (unpaired) electrons. The van der Waals surface area contributed by atoms with E-state index in [1.165, 1.54) is 41.3 Å². The topological polar surface area (TPSA) is 86.8 Å². The summed E-state index contributed by atoms with van der Waals surface area (Å²) in [6, 6.07) is 9.17. The lowest BCUT2D eigenvalue weighted by Gasteiger charge is -2.32. The number of rotatable bonds is 9. The van der Waals surface area contributed by atoms with Crippen LogP contribution in [0.25, 0.3) is 0 Å². The minimum atomic E-state index is -3.93. The van der Waals surface area contributed by atoms with Gasteiger partial charge in [-0.2, -0.15) is 0 Å². The first-order valence-electron chi connectivity index (χ1n) is 11.2. The van der Waals surface area contributed by atoms with Crippen LogP contribution in [0.3, 0.4) is 0 Å². The van der Waals surface area contributed by atoms with Crippen molar-refractivity contribution in [1.29, 1.82) is 0 Å². The Morgan fingerprint density at radius 1 is 1.11 bits per heavy atom. The van der Waals surface area contributed by atoms with Gasteiger partial charge in [0.2, 0.25) is 21.8 Å². The molecule has 1 aliphatic carbocycles. The average molecular weight is 544 g/mol. The SMILES string of the molecule is C[C@@H](C(=O)NC1CCCC1)N(Cc1ccccc1F)C(=O)CN(c1cc(Cl)cc(Cl)c1)S(C)(=O)=O. The molecular weight excluding hydrogens is 516 g/mol. The van der Waals surface area contributed by atoms with Crippen LogP contribution in [0.2, 0.25) is 10.0 Å². The predicted molar refractivity (Wildman–Crippen MR) is 135 cm³/mol. The third-order valence-electron chi connectivity index (χ3n) is 5.98. The number of anilines is 1. The van der Waals surface area contributed by atoms with E-state index < -0.39 is 34.3 Å². The molecule has 1 N–H and O–H groups in total. The Bertz CT molecular complexity index is 1170. The summed E-state index contributed by atoms with van der Waals surface area (Å²) >= 11 is 12.1. The Labute approximate surface area is 215 Å². The first-order valence-corrected chi connectivity index (χ1v) is 13.8. The number of nitrogens with one attached hydrogen (secondary N) is 1. The monoisotopic (exact) mass is 543 g/mol. The van der Waals surface area contributed by atoms with Crippen LogP contribution in [0, 0.1) is 5.82 Å². The molecule has 1 atom stereocenters. The number of hydrogen-bond acceptors (Lipinski definition) is 4. The summed E-state index contributed by atoms with van der Waals surface area (Å²) in [5, 5.41) is 3.34. The first-order chi connectivity index (χ1) is 16.5. The Balaban J connectivity index is 1.91. The van der Waals surface area contributed by atoms with E-state index in [9.17, 15) is 22.4 Å². The van der Waals surface area contributed by atoms with E-state index in [2.05, 4.69) is 5.32 Å². The quantitative estimate of drug-likeness (QED) is 0.508. The number of benzene rings is 2. The molecule has 1 fully saturated rings. The lowest BCUT2D eigenvalue weighted by molar-refractivity contribution is -0.139. The van der Waals surface area contributed by atoms with Crippen molar-refractivity contribution in [3.05, 3.63) is 63.9 Å². The van der Waals surface area contributed by atoms with Crippen molar-refractivity contribution in [3.63, 3.8) is 0 Å². The number of hydrogen-bond donors (Lipinski definition) is 1. The molecule has 7 nitrogen and oxygen atoms in total. The van der Waals surface area contributed by atoms with Crippen LogP contribution in [0.4, 0.5) is 10.1 Å². The van der Waals surface area contributed by atoms with Crippen molar-refractivity contribution in [2.75, 3.05) is 17.1 Å². The van der Waals surface area contributed by atoms with Gasteiger partial charge in [-0.1, -0.05) is 54.2 Å². The van der Waals surface area contributed by atoms with Crippen LogP contribution in [0.5, 0.6) is 0 Å². The number of amides is 2. The minimum Gasteiger partial charge on any atom is -0.352 e. The molecule has 1 aliphatic rings. The highest BCUT2D eigenvalue weighted by atomic mass is 35.5. The van der Waals surface area contributed by atoms with Gasteiger partial charge in [0.05, 0.1) is 11.9 Å². The maximum atomic E-state index is 14.4. The van der Waals surface area contributed by atoms with E-state index in [1.54, 1.807) is 13.0 Å². The minimum absolute atomic E-state index is 0.0245. The lowest BCUT2D eigenvalue weighted by atomic mass is 10.1. The Morgan fingerprint density at radius 2 is 1.71 bits per heavy atom. The number of carbonyl (C=O) groups is 2. The van der Waals surface area contributed by atoms with Crippen LogP contribution in [-0.2, 0) is 26.2 Å². The zero-order chi connectivity index (χ0) is 25.8. The number of nitrogens with zero attached hydrogens (tertiary/aromatic N) is 2. The second-order valence-electron chi connectivity index (χ2n) is 8.68. The van der Waals surface area contributed by atoms with E-state index in [4.69, 9.17) is 23.2 Å². The zero-order valence-corrected chi connectivity index (χ0v) is 21.8. The molecule has 0 bridgehead atoms. The molecule has 2 amide bonds. The number of sulfonamides is 1. The maximum Gasteiger partial charge on any atom is 0.244 e. The lowest BCUT2D eigenvalue weighted by Crippen LogP contribution is -2.52. The second-order valence-corrected chi connectivity index (χ2v) is 11.5. The van der Waals surface area contributed by atoms with E-state index in [0.717, 1.165) is 36.2 Å². The molecular formula is C24H28Cl2FN3O4S. The van der Waals surface area contributed by atoms with Gasteiger partial charge in [0.25, 0.3) is 0 Å². The Hall–Kier alpha value is -2.36. The molecule has 2 aromatic rings. The summed E-state index contributed by atoms with van der Waals surface area (Å²) in [6.07, 6.45) is 4.70. The fourth-order valence-electron chi connectivity index (χ4n) is 4.08. The van der Waals surface area contributed by atoms with Crippen LogP contribution in [-0.4, -0.2) is 50.0 Å². The molecule has 2 aromatic carbocycles. The van der Waals surface area contributed by atoms with Gasteiger partial charge < -0.3 is 10.2 Å². The van der Waals surface area contributed by atoms with E-state index in [0.29, 0.717) is 0 Å². The second kappa shape index (κ2) is 11.6. The molecule has 190 valence electrons. The molecule has 3 rings (SSSR count). The van der Waals surface area contributed by atoms with Gasteiger partial charge in [-0.25, -0.2) is 12.8 Å². The Kier molecular flexibility index (Phi) is 9.01. The molecule has 0 heterocycles. The molecule has 0 unspecified atom stereocenters. The van der Waals surface area contributed by atoms with Crippen LogP contribution in [0.1, 0.15) is 38.2 Å². The van der Waals surface area contributed by atoms with E-state index in [-0.39, 0.29) is 39.8 Å². The van der Waals surface area contributed by atoms with Gasteiger partial charge in [0.1, 0.15) is 18.4 Å². The molecule has 35 heavy (non-hydrogen) atoms. The van der Waals surface area contributed by atoms with Crippen molar-refractivity contribution in [2.45, 2.75) is 51.2 Å². The highest BCUT2D eigenvalue weighted by Crippen LogP contribution is 2.27. The van der Waals surface area contributed by atoms with Crippen molar-refractivity contribution in [2.24, 2.45) is 0 Å². The summed E-state index contributed by atoms with van der Waals surface area (Å²) in [4.78, 5) is 27.7. The smallest absolute Gasteiger partial charge is 0.244 e. The van der Waals surface area contributed by atoms with Crippen molar-refractivity contribution >= 4 is 50.7 Å². The molecule has 0 aromatic heterocycles. The highest BCUT2D eigenvalue weighted by molar-refractivity contribution is 7.92. The van der Waals surface area contributed by atoms with Crippen LogP contribution in [0.15, 0.2) is 42.5 Å². The van der Waals surface area contributed by atoms with Crippen molar-refractivity contribution in [1.82, 2.24) is 10.2 Å². The third kappa shape index (κ3) is 7.32. The summed E-state index contributed by atoms with van der Waals surface area (Å²) in [6.45, 7) is 0.716. The van der Waals surface area contributed by atoms with Crippen LogP contribution < -0.4 is 9.62 Å². The maximum absolute atomic E-state index is 14.4. The third-order valence-corrected chi connectivity index (χ3v) is 7.56. The number of halogens is 3. The molecule has 1 saturated carbocycles. The van der Waals surface area contributed by atoms with Crippen LogP contribution >= 0.6 is 23.2 Å². The van der Waals surface area contributed by atoms with Crippen molar-refractivity contribution in [3.8, 4) is 0 Å². The van der Waals surface area contributed by atoms with Crippen molar-refractivity contribution < 1.29 is 22.4 Å². The normalized spacial score (nSPS) is 15.0. The zero-order valence-electron chi connectivity index (χ0n) is 19.5. The Morgan fingerprint density at radius 3 is 2.29 bits per heavy atom. The summed E-state index contributed by atoms with van der Waals surface area (Å²) < 4.78 is 40.5. The van der Waals surface area contributed by atoms with Gasteiger partial charge in [-0.05, 0) is 44.0 Å². The van der Waals surface area contributed by atoms with Gasteiger partial charge in [0, 0.05) is 28.2 Å². The van der Waals surface area contributed by atoms with E-state index in [1.807, 2.05) is 0 Å². The summed E-state index contributed by atoms with van der Waals surface area (Å²) in [5.74, 6) is -1.59. The fraction of sp³-hybridized carbons (Fsp3) is 0.417. The number of carbonyl (C=O) groups excluding carboxylic acids is 2. The molecule has 0 spiro atoms. The highest BCUT2D eigenvalue weighted by Gasteiger charge is 2.32. The molecule has 0 saturated heterocycles. The average Bonchev–Trinajstić information content (AvgIpc) is 3.27. The van der Waals surface area contributed by atoms with Gasteiger partial charge in [-0.3, -0.25) is 13.9 Å². The predicted octanol–water partition coefficient (Wildman–Crippen LogP) is 4.37. The standard InChI is InChI=1S/C24H28Cl2FN3O4S/c1-16(24(32)28-20-8-4-5-9-20)29(14-17-7-3-6-10-22(17)27)23(31)15-30(35(2,33)34)21-12-18(25)11-19(26)13-21/h3,6-7,10-13,16,20H,4-5,8-9,14-15H2,1-2H3,(H,28,32)/t16-/m0/s1. The van der Waals surface area contributed by atoms with Gasteiger partial charge >= 0.3 is 0 Å². The van der Waals surface area contributed by atoms with Gasteiger partial charge in [0.15, 0.2) is 0 Å². The van der Waals surface area contributed by atoms with Gasteiger partial charge in [-0.15, -0.1) is 0 Å².